The summed E-state index contributed by atoms with van der Waals surface area (Å²) in [7, 11) is 0. The molecular weight excluding hydrogens is 659 g/mol. The minimum Gasteiger partial charge on any atom is -0.512 e. The van der Waals surface area contributed by atoms with Gasteiger partial charge in [-0.25, -0.2) is 0 Å². The van der Waals surface area contributed by atoms with Gasteiger partial charge in [0.2, 0.25) is 0 Å². The van der Waals surface area contributed by atoms with Crippen LogP contribution in [0.15, 0.2) is 54.4 Å². The van der Waals surface area contributed by atoms with Gasteiger partial charge in [0.15, 0.2) is 5.78 Å². The summed E-state index contributed by atoms with van der Waals surface area (Å²) < 4.78 is 0. The number of carbonyl (C=O) groups excluding carboxylic acids is 1. The smallest absolute Gasteiger partial charge is 0.162 e. The van der Waals surface area contributed by atoms with E-state index in [9.17, 15) is 9.90 Å². The van der Waals surface area contributed by atoms with Crippen molar-refractivity contribution in [3.05, 3.63) is 77.2 Å². The zero-order chi connectivity index (χ0) is 27.8. The minimum absolute atomic E-state index is 0. The average molecular weight is 709 g/mol. The van der Waals surface area contributed by atoms with Crippen LogP contribution in [0.1, 0.15) is 98.3 Å². The Morgan fingerprint density at radius 3 is 2.05 bits per heavy atom. The number of ketones is 1. The van der Waals surface area contributed by atoms with Crippen molar-refractivity contribution in [3.8, 4) is 11.3 Å². The molecule has 2 aromatic carbocycles. The van der Waals surface area contributed by atoms with Crippen molar-refractivity contribution in [2.24, 2.45) is 11.8 Å². The molecule has 0 bridgehead atoms. The molecule has 0 saturated carbocycles. The molecule has 0 saturated heterocycles. The molecule has 3 nitrogen and oxygen atoms in total. The summed E-state index contributed by atoms with van der Waals surface area (Å²) in [5, 5.41) is 12.2. The van der Waals surface area contributed by atoms with E-state index >= 15 is 0 Å². The van der Waals surface area contributed by atoms with Gasteiger partial charge in [-0.1, -0.05) is 87.9 Å². The molecule has 0 aliphatic carbocycles. The molecule has 0 unspecified atom stereocenters. The van der Waals surface area contributed by atoms with Crippen LogP contribution in [0.2, 0.25) is 0 Å². The van der Waals surface area contributed by atoms with Crippen LogP contribution in [0.3, 0.4) is 0 Å². The van der Waals surface area contributed by atoms with Gasteiger partial charge in [-0.05, 0) is 59.2 Å². The number of allylic oxidation sites excluding steroid dienone is 2. The summed E-state index contributed by atoms with van der Waals surface area (Å²) in [6, 6.07) is 16.5. The molecule has 3 aromatic rings. The molecule has 0 aliphatic rings. The Labute approximate surface area is 251 Å². The van der Waals surface area contributed by atoms with Crippen LogP contribution in [-0.2, 0) is 30.3 Å². The first-order chi connectivity index (χ1) is 17.4. The summed E-state index contributed by atoms with van der Waals surface area (Å²) in [6.07, 6.45) is 6.80. The van der Waals surface area contributed by atoms with Gasteiger partial charge >= 0.3 is 0 Å². The molecule has 1 aromatic heterocycles. The van der Waals surface area contributed by atoms with Crippen molar-refractivity contribution < 1.29 is 30.0 Å². The number of rotatable bonds is 8. The number of aryl methyl sites for hydroxylation is 2. The molecule has 0 fully saturated rings. The topological polar surface area (TPSA) is 50.2 Å². The summed E-state index contributed by atoms with van der Waals surface area (Å²) in [6.45, 7) is 19.0. The molecule has 1 N–H and O–H groups in total. The predicted molar refractivity (Wildman–Crippen MR) is 165 cm³/mol. The van der Waals surface area contributed by atoms with E-state index < -0.39 is 0 Å². The summed E-state index contributed by atoms with van der Waals surface area (Å²) in [4.78, 5) is 16.3. The standard InChI is InChI=1S/C21H22N.C13H24O2.CH4.Ir/c1-14-10-15(2)12-17(11-14)20-19-7-6-18(21(3,4)5)13-16(19)8-9-22-20;1-5-10(6-2)12(14)9-13(15)11(7-3)8-4;;/h6-11,13H,1-5H3;9-11,14H,5-8H2,1-4H3;1H4;/q-1;;;. The van der Waals surface area contributed by atoms with Crippen LogP contribution in [-0.4, -0.2) is 15.9 Å². The molecule has 1 radical (unpaired) electrons. The predicted octanol–water partition coefficient (Wildman–Crippen LogP) is 10.1. The molecule has 3 rings (SSSR count). The number of aliphatic hydroxyl groups excluding tert-OH is 1. The largest absolute Gasteiger partial charge is 0.512 e. The van der Waals surface area contributed by atoms with Crippen molar-refractivity contribution in [2.75, 3.05) is 0 Å². The van der Waals surface area contributed by atoms with Crippen LogP contribution in [0.5, 0.6) is 0 Å². The number of pyridine rings is 1. The maximum atomic E-state index is 11.7. The third-order valence-corrected chi connectivity index (χ3v) is 7.12. The van der Waals surface area contributed by atoms with Crippen LogP contribution >= 0.6 is 0 Å². The van der Waals surface area contributed by atoms with E-state index in [4.69, 9.17) is 0 Å². The SMILES string of the molecule is C.CCC(CC)C(=O)C=C(O)C(CC)CC.Cc1[c-]c(-c2nccc3cc(C(C)(C)C)ccc23)cc(C)c1.[Ir]. The van der Waals surface area contributed by atoms with E-state index in [1.54, 1.807) is 0 Å². The van der Waals surface area contributed by atoms with Crippen LogP contribution in [0.4, 0.5) is 0 Å². The number of hydrogen-bond acceptors (Lipinski definition) is 3. The third-order valence-electron chi connectivity index (χ3n) is 7.12. The second kappa shape index (κ2) is 16.7. The van der Waals surface area contributed by atoms with Gasteiger partial charge in [-0.15, -0.1) is 34.9 Å². The Morgan fingerprint density at radius 2 is 1.54 bits per heavy atom. The molecule has 0 atom stereocenters. The zero-order valence-corrected chi connectivity index (χ0v) is 27.1. The quantitative estimate of drug-likeness (QED) is 0.144. The van der Waals surface area contributed by atoms with Crippen LogP contribution < -0.4 is 0 Å². The van der Waals surface area contributed by atoms with E-state index in [0.29, 0.717) is 0 Å². The summed E-state index contributed by atoms with van der Waals surface area (Å²) in [5.74, 6) is 0.547. The molecule has 0 aliphatic heterocycles. The Bertz CT molecular complexity index is 1190. The van der Waals surface area contributed by atoms with E-state index in [0.717, 1.165) is 42.5 Å². The van der Waals surface area contributed by atoms with Gasteiger partial charge in [0.1, 0.15) is 0 Å². The third kappa shape index (κ3) is 10.3. The van der Waals surface area contributed by atoms with Crippen molar-refractivity contribution >= 4 is 16.6 Å². The fourth-order valence-electron chi connectivity index (χ4n) is 4.66. The molecule has 4 heteroatoms. The van der Waals surface area contributed by atoms with Crippen LogP contribution in [0, 0.1) is 31.7 Å². The Balaban J connectivity index is 0.000000758. The van der Waals surface area contributed by atoms with Crippen molar-refractivity contribution in [2.45, 2.75) is 101 Å². The zero-order valence-electron chi connectivity index (χ0n) is 24.7. The average Bonchev–Trinajstić information content (AvgIpc) is 2.84. The van der Waals surface area contributed by atoms with Crippen molar-refractivity contribution in [3.63, 3.8) is 0 Å². The Morgan fingerprint density at radius 1 is 0.949 bits per heavy atom. The van der Waals surface area contributed by atoms with E-state index in [1.165, 1.54) is 28.0 Å². The molecule has 39 heavy (non-hydrogen) atoms. The first kappa shape index (κ1) is 36.7. The van der Waals surface area contributed by atoms with E-state index in [-0.39, 0.29) is 56.3 Å². The monoisotopic (exact) mass is 709 g/mol. The fourth-order valence-corrected chi connectivity index (χ4v) is 4.66. The Kier molecular flexibility index (Phi) is 15.7. The molecule has 1 heterocycles. The van der Waals surface area contributed by atoms with Crippen LogP contribution in [0.25, 0.3) is 22.0 Å². The van der Waals surface area contributed by atoms with Crippen molar-refractivity contribution in [1.29, 1.82) is 0 Å². The second-order valence-electron chi connectivity index (χ2n) is 11.1. The number of aromatic nitrogens is 1. The first-order valence-corrected chi connectivity index (χ1v) is 13.8. The molecule has 0 amide bonds. The maximum Gasteiger partial charge on any atom is 0.162 e. The van der Waals surface area contributed by atoms with Gasteiger partial charge in [0.25, 0.3) is 0 Å². The summed E-state index contributed by atoms with van der Waals surface area (Å²) in [5.41, 5.74) is 6.00. The number of fused-ring (bicyclic) bond motifs is 1. The van der Waals surface area contributed by atoms with Gasteiger partial charge in [0, 0.05) is 44.2 Å². The number of benzene rings is 2. The second-order valence-corrected chi connectivity index (χ2v) is 11.1. The molecular formula is C35H50IrNO2-. The minimum atomic E-state index is 0. The van der Waals surface area contributed by atoms with Gasteiger partial charge in [0.05, 0.1) is 5.76 Å². The number of carbonyl (C=O) groups is 1. The van der Waals surface area contributed by atoms with Gasteiger partial charge in [-0.2, -0.15) is 0 Å². The number of nitrogens with zero attached hydrogens (tertiary/aromatic N) is 1. The van der Waals surface area contributed by atoms with E-state index in [1.807, 2.05) is 33.9 Å². The van der Waals surface area contributed by atoms with Gasteiger partial charge < -0.3 is 10.1 Å². The normalized spacial score (nSPS) is 11.5. The maximum absolute atomic E-state index is 11.7. The number of aliphatic hydroxyl groups is 1. The van der Waals surface area contributed by atoms with Gasteiger partial charge in [-0.3, -0.25) is 4.79 Å². The first-order valence-electron chi connectivity index (χ1n) is 13.8. The molecule has 217 valence electrons. The molecule has 0 spiro atoms. The Hall–Kier alpha value is -2.29. The summed E-state index contributed by atoms with van der Waals surface area (Å²) >= 11 is 0. The van der Waals surface area contributed by atoms with E-state index in [2.05, 4.69) is 82.1 Å². The fraction of sp³-hybridized carbons (Fsp3) is 0.486. The van der Waals surface area contributed by atoms with Crippen molar-refractivity contribution in [1.82, 2.24) is 4.98 Å². The number of hydrogen-bond donors (Lipinski definition) is 1.